The lowest BCUT2D eigenvalue weighted by atomic mass is 9.89. The molecular weight excluding hydrogens is 298 g/mol. The summed E-state index contributed by atoms with van der Waals surface area (Å²) in [5, 5.41) is 1.20. The van der Waals surface area contributed by atoms with Crippen molar-refractivity contribution in [2.24, 2.45) is 0 Å². The van der Waals surface area contributed by atoms with Gasteiger partial charge in [-0.2, -0.15) is 0 Å². The Kier molecular flexibility index (Phi) is 3.91. The molecule has 4 aromatic rings. The van der Waals surface area contributed by atoms with Crippen LogP contribution in [0.2, 0.25) is 0 Å². The zero-order valence-corrected chi connectivity index (χ0v) is 13.5. The maximum atomic E-state index is 4.82. The van der Waals surface area contributed by atoms with E-state index in [0.717, 1.165) is 11.9 Å². The molecular formula is C21H17NS. The minimum Gasteiger partial charge on any atom is -0.241 e. The summed E-state index contributed by atoms with van der Waals surface area (Å²) >= 11 is 1.80. The van der Waals surface area contributed by atoms with Crippen molar-refractivity contribution in [2.75, 3.05) is 0 Å². The molecule has 0 atom stereocenters. The van der Waals surface area contributed by atoms with Gasteiger partial charge in [0.05, 0.1) is 15.2 Å². The summed E-state index contributed by atoms with van der Waals surface area (Å²) in [6, 6.07) is 29.8. The largest absolute Gasteiger partial charge is 0.241 e. The number of aromatic nitrogens is 1. The highest BCUT2D eigenvalue weighted by Crippen LogP contribution is 2.31. The molecule has 0 saturated heterocycles. The number of nitrogens with zero attached hydrogens (tertiary/aromatic N) is 1. The van der Waals surface area contributed by atoms with E-state index in [9.17, 15) is 0 Å². The van der Waals surface area contributed by atoms with E-state index in [2.05, 4.69) is 84.9 Å². The third-order valence-corrected chi connectivity index (χ3v) is 5.18. The van der Waals surface area contributed by atoms with Gasteiger partial charge in [-0.1, -0.05) is 72.8 Å². The SMILES string of the molecule is c1ccc(C(Cc2nc3ccccc3s2)c2ccccc2)cc1. The highest BCUT2D eigenvalue weighted by atomic mass is 32.1. The number of benzene rings is 3. The molecule has 0 amide bonds. The van der Waals surface area contributed by atoms with Crippen LogP contribution in [0.4, 0.5) is 0 Å². The van der Waals surface area contributed by atoms with Gasteiger partial charge in [-0.25, -0.2) is 4.98 Å². The third kappa shape index (κ3) is 3.03. The summed E-state index contributed by atoms with van der Waals surface area (Å²) in [5.74, 6) is 0.345. The van der Waals surface area contributed by atoms with E-state index in [1.54, 1.807) is 11.3 Å². The van der Waals surface area contributed by atoms with Crippen molar-refractivity contribution < 1.29 is 0 Å². The maximum absolute atomic E-state index is 4.82. The molecule has 4 rings (SSSR count). The Bertz CT molecular complexity index is 824. The van der Waals surface area contributed by atoms with Crippen molar-refractivity contribution in [1.82, 2.24) is 4.98 Å². The molecule has 0 saturated carbocycles. The fraction of sp³-hybridized carbons (Fsp3) is 0.0952. The number of thiazole rings is 1. The number of fused-ring (bicyclic) bond motifs is 1. The molecule has 3 aromatic carbocycles. The van der Waals surface area contributed by atoms with Gasteiger partial charge >= 0.3 is 0 Å². The predicted octanol–water partition coefficient (Wildman–Crippen LogP) is 5.67. The second-order valence-corrected chi connectivity index (χ2v) is 6.77. The molecule has 0 bridgehead atoms. The van der Waals surface area contributed by atoms with Crippen LogP contribution in [0.5, 0.6) is 0 Å². The number of rotatable bonds is 4. The van der Waals surface area contributed by atoms with E-state index in [-0.39, 0.29) is 0 Å². The number of hydrogen-bond acceptors (Lipinski definition) is 2. The Morgan fingerprint density at radius 1 is 0.696 bits per heavy atom. The van der Waals surface area contributed by atoms with Crippen LogP contribution in [0.15, 0.2) is 84.9 Å². The highest BCUT2D eigenvalue weighted by Gasteiger charge is 2.16. The Morgan fingerprint density at radius 2 is 1.26 bits per heavy atom. The van der Waals surface area contributed by atoms with E-state index in [1.165, 1.54) is 20.8 Å². The van der Waals surface area contributed by atoms with Crippen LogP contribution in [-0.2, 0) is 6.42 Å². The summed E-state index contributed by atoms with van der Waals surface area (Å²) < 4.78 is 1.27. The molecule has 0 aliphatic carbocycles. The lowest BCUT2D eigenvalue weighted by Crippen LogP contribution is -2.04. The Morgan fingerprint density at radius 3 is 1.87 bits per heavy atom. The summed E-state index contributed by atoms with van der Waals surface area (Å²) in [6.45, 7) is 0. The monoisotopic (exact) mass is 315 g/mol. The third-order valence-electron chi connectivity index (χ3n) is 4.12. The highest BCUT2D eigenvalue weighted by molar-refractivity contribution is 7.18. The van der Waals surface area contributed by atoms with Crippen LogP contribution in [0, 0.1) is 0 Å². The first kappa shape index (κ1) is 14.2. The zero-order valence-electron chi connectivity index (χ0n) is 12.7. The molecule has 0 spiro atoms. The maximum Gasteiger partial charge on any atom is 0.0948 e. The summed E-state index contributed by atoms with van der Waals surface area (Å²) in [5.41, 5.74) is 3.79. The molecule has 0 aliphatic heterocycles. The van der Waals surface area contributed by atoms with Crippen molar-refractivity contribution in [3.8, 4) is 0 Å². The van der Waals surface area contributed by atoms with E-state index in [4.69, 9.17) is 4.98 Å². The van der Waals surface area contributed by atoms with Gasteiger partial charge in [0.25, 0.3) is 0 Å². The van der Waals surface area contributed by atoms with E-state index >= 15 is 0 Å². The second-order valence-electron chi connectivity index (χ2n) is 5.65. The van der Waals surface area contributed by atoms with Gasteiger partial charge in [0.15, 0.2) is 0 Å². The Labute approximate surface area is 140 Å². The standard InChI is InChI=1S/C21H17NS/c1-3-9-16(10-4-1)18(17-11-5-2-6-12-17)15-21-22-19-13-7-8-14-20(19)23-21/h1-14,18H,15H2. The molecule has 1 nitrogen and oxygen atoms in total. The van der Waals surface area contributed by atoms with Crippen LogP contribution in [0.1, 0.15) is 22.1 Å². The second kappa shape index (κ2) is 6.35. The molecule has 0 N–H and O–H groups in total. The van der Waals surface area contributed by atoms with Crippen molar-refractivity contribution >= 4 is 21.6 Å². The molecule has 1 aromatic heterocycles. The van der Waals surface area contributed by atoms with Gasteiger partial charge in [0.2, 0.25) is 0 Å². The predicted molar refractivity (Wildman–Crippen MR) is 98.1 cm³/mol. The van der Waals surface area contributed by atoms with Crippen molar-refractivity contribution in [2.45, 2.75) is 12.3 Å². The quantitative estimate of drug-likeness (QED) is 0.473. The van der Waals surface area contributed by atoms with Gasteiger partial charge in [0.1, 0.15) is 0 Å². The minimum atomic E-state index is 0.345. The van der Waals surface area contributed by atoms with Gasteiger partial charge in [-0.05, 0) is 23.3 Å². The minimum absolute atomic E-state index is 0.345. The summed E-state index contributed by atoms with van der Waals surface area (Å²) in [7, 11) is 0. The van der Waals surface area contributed by atoms with Crippen molar-refractivity contribution in [3.63, 3.8) is 0 Å². The van der Waals surface area contributed by atoms with Gasteiger partial charge in [0, 0.05) is 12.3 Å². The normalized spacial score (nSPS) is 11.2. The van der Waals surface area contributed by atoms with E-state index in [1.807, 2.05) is 0 Å². The first-order valence-corrected chi connectivity index (χ1v) is 8.66. The molecule has 1 heterocycles. The van der Waals surface area contributed by atoms with E-state index in [0.29, 0.717) is 5.92 Å². The number of hydrogen-bond donors (Lipinski definition) is 0. The average Bonchev–Trinajstić information content (AvgIpc) is 3.04. The van der Waals surface area contributed by atoms with Crippen molar-refractivity contribution in [1.29, 1.82) is 0 Å². The molecule has 2 heteroatoms. The van der Waals surface area contributed by atoms with Crippen LogP contribution in [0.3, 0.4) is 0 Å². The molecule has 0 fully saturated rings. The first-order valence-electron chi connectivity index (χ1n) is 7.84. The first-order chi connectivity index (χ1) is 11.4. The summed E-state index contributed by atoms with van der Waals surface area (Å²) in [6.07, 6.45) is 0.938. The lowest BCUT2D eigenvalue weighted by Gasteiger charge is -2.16. The summed E-state index contributed by atoms with van der Waals surface area (Å²) in [4.78, 5) is 4.82. The smallest absolute Gasteiger partial charge is 0.0948 e. The fourth-order valence-electron chi connectivity index (χ4n) is 2.98. The molecule has 112 valence electrons. The molecule has 0 unspecified atom stereocenters. The Balaban J connectivity index is 1.73. The van der Waals surface area contributed by atoms with Gasteiger partial charge in [-0.15, -0.1) is 11.3 Å². The molecule has 23 heavy (non-hydrogen) atoms. The van der Waals surface area contributed by atoms with E-state index < -0.39 is 0 Å². The van der Waals surface area contributed by atoms with Gasteiger partial charge < -0.3 is 0 Å². The fourth-order valence-corrected chi connectivity index (χ4v) is 3.99. The number of para-hydroxylation sites is 1. The lowest BCUT2D eigenvalue weighted by molar-refractivity contribution is 0.801. The molecule has 0 radical (unpaired) electrons. The van der Waals surface area contributed by atoms with Crippen LogP contribution >= 0.6 is 11.3 Å². The zero-order chi connectivity index (χ0) is 15.5. The van der Waals surface area contributed by atoms with Gasteiger partial charge in [-0.3, -0.25) is 0 Å². The topological polar surface area (TPSA) is 12.9 Å². The Hall–Kier alpha value is -2.45. The van der Waals surface area contributed by atoms with Crippen molar-refractivity contribution in [3.05, 3.63) is 101 Å². The van der Waals surface area contributed by atoms with Crippen LogP contribution in [0.25, 0.3) is 10.2 Å². The van der Waals surface area contributed by atoms with Crippen LogP contribution in [-0.4, -0.2) is 4.98 Å². The average molecular weight is 315 g/mol. The molecule has 0 aliphatic rings. The van der Waals surface area contributed by atoms with Crippen LogP contribution < -0.4 is 0 Å².